The third kappa shape index (κ3) is 3.61. The molecule has 0 N–H and O–H groups in total. The fourth-order valence-electron chi connectivity index (χ4n) is 2.68. The fourth-order valence-corrected chi connectivity index (χ4v) is 4.11. The number of rotatable bonds is 4. The minimum Gasteiger partial charge on any atom is -0.278 e. The highest BCUT2D eigenvalue weighted by molar-refractivity contribution is 9.10. The topological polar surface area (TPSA) is 46.1 Å². The molecule has 0 saturated heterocycles. The summed E-state index contributed by atoms with van der Waals surface area (Å²) in [6.07, 6.45) is 1.68. The van der Waals surface area contributed by atoms with E-state index in [9.17, 15) is 9.18 Å². The highest BCUT2D eigenvalue weighted by Gasteiger charge is 2.24. The number of aromatic nitrogens is 2. The zero-order chi connectivity index (χ0) is 18.8. The molecule has 7 heteroatoms. The lowest BCUT2D eigenvalue weighted by Crippen LogP contribution is -2.31. The molecule has 0 aliphatic heterocycles. The first-order chi connectivity index (χ1) is 13.1. The molecule has 2 aromatic heterocycles. The minimum absolute atomic E-state index is 0.229. The second-order valence-electron chi connectivity index (χ2n) is 5.78. The SMILES string of the molecule is O=C(c1ccccc1Br)N(Cc1ccccn1)c1nc2c(F)cccc2s1. The van der Waals surface area contributed by atoms with Crippen LogP contribution >= 0.6 is 27.3 Å². The van der Waals surface area contributed by atoms with Crippen molar-refractivity contribution >= 4 is 48.5 Å². The van der Waals surface area contributed by atoms with Gasteiger partial charge in [0.2, 0.25) is 0 Å². The molecule has 27 heavy (non-hydrogen) atoms. The summed E-state index contributed by atoms with van der Waals surface area (Å²) in [6.45, 7) is 0.239. The number of halogens is 2. The van der Waals surface area contributed by atoms with E-state index in [1.165, 1.54) is 22.3 Å². The van der Waals surface area contributed by atoms with Crippen LogP contribution in [-0.2, 0) is 6.54 Å². The zero-order valence-electron chi connectivity index (χ0n) is 14.0. The molecule has 0 aliphatic rings. The molecule has 0 unspecified atom stereocenters. The van der Waals surface area contributed by atoms with Crippen LogP contribution in [-0.4, -0.2) is 15.9 Å². The number of amides is 1. The Kier molecular flexibility index (Phi) is 4.96. The van der Waals surface area contributed by atoms with Crippen molar-refractivity contribution in [3.63, 3.8) is 0 Å². The molecular formula is C20H13BrFN3OS. The monoisotopic (exact) mass is 441 g/mol. The van der Waals surface area contributed by atoms with Gasteiger partial charge in [0.1, 0.15) is 11.3 Å². The van der Waals surface area contributed by atoms with Crippen molar-refractivity contribution in [3.8, 4) is 0 Å². The third-order valence-corrected chi connectivity index (χ3v) is 5.72. The molecule has 1 amide bonds. The lowest BCUT2D eigenvalue weighted by Gasteiger charge is -2.20. The Morgan fingerprint density at radius 2 is 1.89 bits per heavy atom. The van der Waals surface area contributed by atoms with Gasteiger partial charge >= 0.3 is 0 Å². The predicted octanol–water partition coefficient (Wildman–Crippen LogP) is 5.44. The Hall–Kier alpha value is -2.64. The summed E-state index contributed by atoms with van der Waals surface area (Å²) in [7, 11) is 0. The van der Waals surface area contributed by atoms with E-state index < -0.39 is 5.82 Å². The van der Waals surface area contributed by atoms with Crippen LogP contribution in [0.4, 0.5) is 9.52 Å². The largest absolute Gasteiger partial charge is 0.278 e. The van der Waals surface area contributed by atoms with Crippen molar-refractivity contribution in [1.29, 1.82) is 0 Å². The first-order valence-electron chi connectivity index (χ1n) is 8.15. The van der Waals surface area contributed by atoms with E-state index in [1.807, 2.05) is 30.3 Å². The van der Waals surface area contributed by atoms with E-state index in [4.69, 9.17) is 0 Å². The normalized spacial score (nSPS) is 10.9. The molecule has 134 valence electrons. The van der Waals surface area contributed by atoms with Crippen LogP contribution < -0.4 is 4.90 Å². The maximum absolute atomic E-state index is 14.1. The van der Waals surface area contributed by atoms with Crippen LogP contribution in [0.2, 0.25) is 0 Å². The lowest BCUT2D eigenvalue weighted by atomic mass is 10.2. The molecule has 0 saturated carbocycles. The van der Waals surface area contributed by atoms with E-state index in [2.05, 4.69) is 25.9 Å². The number of anilines is 1. The van der Waals surface area contributed by atoms with E-state index in [-0.39, 0.29) is 18.0 Å². The van der Waals surface area contributed by atoms with Crippen molar-refractivity contribution in [1.82, 2.24) is 9.97 Å². The highest BCUT2D eigenvalue weighted by Crippen LogP contribution is 2.32. The van der Waals surface area contributed by atoms with Crippen LogP contribution in [0.1, 0.15) is 16.1 Å². The summed E-state index contributed by atoms with van der Waals surface area (Å²) in [5, 5.41) is 0.432. The number of nitrogens with zero attached hydrogens (tertiary/aromatic N) is 3. The summed E-state index contributed by atoms with van der Waals surface area (Å²) >= 11 is 4.71. The number of pyridine rings is 1. The molecule has 4 aromatic rings. The molecule has 0 radical (unpaired) electrons. The molecule has 4 rings (SSSR count). The minimum atomic E-state index is -0.402. The molecule has 0 bridgehead atoms. The van der Waals surface area contributed by atoms with Gasteiger partial charge in [0.15, 0.2) is 5.13 Å². The number of carbonyl (C=O) groups excluding carboxylic acids is 1. The van der Waals surface area contributed by atoms with Gasteiger partial charge in [-0.3, -0.25) is 14.7 Å². The van der Waals surface area contributed by atoms with Gasteiger partial charge < -0.3 is 0 Å². The Labute approximate surface area is 167 Å². The summed E-state index contributed by atoms with van der Waals surface area (Å²) in [6, 6.07) is 17.5. The number of hydrogen-bond acceptors (Lipinski definition) is 4. The lowest BCUT2D eigenvalue weighted by molar-refractivity contribution is 0.0984. The van der Waals surface area contributed by atoms with Crippen molar-refractivity contribution in [2.75, 3.05) is 4.90 Å². The van der Waals surface area contributed by atoms with Crippen molar-refractivity contribution < 1.29 is 9.18 Å². The van der Waals surface area contributed by atoms with Gasteiger partial charge in [-0.05, 0) is 52.3 Å². The summed E-state index contributed by atoms with van der Waals surface area (Å²) in [5.74, 6) is -0.631. The highest BCUT2D eigenvalue weighted by atomic mass is 79.9. The van der Waals surface area contributed by atoms with E-state index >= 15 is 0 Å². The molecule has 0 fully saturated rings. The molecule has 4 nitrogen and oxygen atoms in total. The fraction of sp³-hybridized carbons (Fsp3) is 0.0500. The quantitative estimate of drug-likeness (QED) is 0.423. The maximum atomic E-state index is 14.1. The Morgan fingerprint density at radius 3 is 2.63 bits per heavy atom. The standard InChI is InChI=1S/C20H13BrFN3OS/c21-15-8-2-1-7-14(15)19(26)25(12-13-6-3-4-11-23-13)20-24-18-16(22)9-5-10-17(18)27-20/h1-11H,12H2. The van der Waals surface area contributed by atoms with Gasteiger partial charge in [0, 0.05) is 10.7 Å². The van der Waals surface area contributed by atoms with Crippen LogP contribution in [0.5, 0.6) is 0 Å². The van der Waals surface area contributed by atoms with Gasteiger partial charge in [-0.15, -0.1) is 0 Å². The van der Waals surface area contributed by atoms with Crippen molar-refractivity contribution in [2.24, 2.45) is 0 Å². The number of para-hydroxylation sites is 1. The average Bonchev–Trinajstić information content (AvgIpc) is 3.12. The van der Waals surface area contributed by atoms with E-state index in [0.717, 1.165) is 5.69 Å². The molecule has 0 spiro atoms. The van der Waals surface area contributed by atoms with E-state index in [1.54, 1.807) is 30.5 Å². The summed E-state index contributed by atoms with van der Waals surface area (Å²) in [4.78, 5) is 23.5. The molecule has 0 atom stereocenters. The molecular weight excluding hydrogens is 429 g/mol. The first kappa shape index (κ1) is 17.8. The van der Waals surface area contributed by atoms with Crippen molar-refractivity contribution in [3.05, 3.63) is 88.4 Å². The van der Waals surface area contributed by atoms with Gasteiger partial charge in [-0.25, -0.2) is 9.37 Å². The van der Waals surface area contributed by atoms with Crippen LogP contribution in [0.25, 0.3) is 10.2 Å². The van der Waals surface area contributed by atoms with Crippen molar-refractivity contribution in [2.45, 2.75) is 6.54 Å². The molecule has 2 aromatic carbocycles. The Bertz CT molecular complexity index is 1120. The van der Waals surface area contributed by atoms with E-state index in [0.29, 0.717) is 19.9 Å². The van der Waals surface area contributed by atoms with Crippen LogP contribution in [0.15, 0.2) is 71.3 Å². The summed E-state index contributed by atoms with van der Waals surface area (Å²) < 4.78 is 15.5. The smallest absolute Gasteiger partial charge is 0.261 e. The predicted molar refractivity (Wildman–Crippen MR) is 108 cm³/mol. The first-order valence-corrected chi connectivity index (χ1v) is 9.76. The van der Waals surface area contributed by atoms with Gasteiger partial charge in [0.05, 0.1) is 22.5 Å². The number of hydrogen-bond donors (Lipinski definition) is 0. The van der Waals surface area contributed by atoms with Gasteiger partial charge in [-0.2, -0.15) is 0 Å². The number of fused-ring (bicyclic) bond motifs is 1. The molecule has 0 aliphatic carbocycles. The van der Waals surface area contributed by atoms with Gasteiger partial charge in [-0.1, -0.05) is 35.6 Å². The summed E-state index contributed by atoms with van der Waals surface area (Å²) in [5.41, 5.74) is 1.49. The Balaban J connectivity index is 1.81. The molecule has 2 heterocycles. The third-order valence-electron chi connectivity index (χ3n) is 3.99. The second-order valence-corrected chi connectivity index (χ2v) is 7.64. The number of thiazole rings is 1. The number of benzene rings is 2. The average molecular weight is 442 g/mol. The van der Waals surface area contributed by atoms with Gasteiger partial charge in [0.25, 0.3) is 5.91 Å². The maximum Gasteiger partial charge on any atom is 0.261 e. The second kappa shape index (κ2) is 7.54. The number of carbonyl (C=O) groups is 1. The van der Waals surface area contributed by atoms with Crippen LogP contribution in [0.3, 0.4) is 0 Å². The zero-order valence-corrected chi connectivity index (χ0v) is 16.4. The van der Waals surface area contributed by atoms with Crippen LogP contribution in [0, 0.1) is 5.82 Å². The Morgan fingerprint density at radius 1 is 1.07 bits per heavy atom.